The van der Waals surface area contributed by atoms with Crippen molar-refractivity contribution in [3.63, 3.8) is 0 Å². The number of nitrogens with one attached hydrogen (secondary N) is 1. The predicted molar refractivity (Wildman–Crippen MR) is 55.4 cm³/mol. The molecule has 0 unspecified atom stereocenters. The van der Waals surface area contributed by atoms with Crippen molar-refractivity contribution in [3.05, 3.63) is 11.3 Å². The first-order valence-electron chi connectivity index (χ1n) is 5.00. The number of ketones is 1. The molecule has 0 aromatic heterocycles. The van der Waals surface area contributed by atoms with E-state index in [2.05, 4.69) is 10.3 Å². The minimum absolute atomic E-state index is 0.125. The minimum Gasteiger partial charge on any atom is -0.402 e. The molecule has 3 N–H and O–H groups in total. The Labute approximate surface area is 87.4 Å². The monoisotopic (exact) mass is 207 g/mol. The Morgan fingerprint density at radius 2 is 2.07 bits per heavy atom. The van der Waals surface area contributed by atoms with Crippen molar-refractivity contribution in [1.82, 2.24) is 5.32 Å². The molecular formula is C10H13N3O2. The number of hydrogen-bond acceptors (Lipinski definition) is 4. The maximum absolute atomic E-state index is 11.5. The number of carbonyl (C=O) groups excluding carboxylic acids is 2. The van der Waals surface area contributed by atoms with Gasteiger partial charge >= 0.3 is 0 Å². The second-order valence-corrected chi connectivity index (χ2v) is 3.71. The van der Waals surface area contributed by atoms with Crippen molar-refractivity contribution in [3.8, 4) is 0 Å². The number of allylic oxidation sites excluding steroid dienone is 1. The van der Waals surface area contributed by atoms with Crippen molar-refractivity contribution in [1.29, 1.82) is 0 Å². The van der Waals surface area contributed by atoms with Gasteiger partial charge in [-0.15, -0.1) is 0 Å². The predicted octanol–water partition coefficient (Wildman–Crippen LogP) is -0.477. The molecule has 1 aliphatic carbocycles. The SMILES string of the molecule is NC1=C(C2=NCCNC2=O)CC(=O)CC1. The van der Waals surface area contributed by atoms with Crippen LogP contribution in [0.2, 0.25) is 0 Å². The molecule has 1 aliphatic heterocycles. The molecule has 0 saturated heterocycles. The van der Waals surface area contributed by atoms with E-state index in [1.807, 2.05) is 0 Å². The minimum atomic E-state index is -0.214. The summed E-state index contributed by atoms with van der Waals surface area (Å²) in [6.45, 7) is 1.12. The van der Waals surface area contributed by atoms with Crippen LogP contribution in [-0.4, -0.2) is 30.5 Å². The van der Waals surface area contributed by atoms with Crippen molar-refractivity contribution in [2.45, 2.75) is 19.3 Å². The van der Waals surface area contributed by atoms with Crippen LogP contribution in [0.4, 0.5) is 0 Å². The molecule has 0 aromatic carbocycles. The highest BCUT2D eigenvalue weighted by Crippen LogP contribution is 2.20. The summed E-state index contributed by atoms with van der Waals surface area (Å²) in [5.41, 5.74) is 7.41. The van der Waals surface area contributed by atoms with Gasteiger partial charge in [0.2, 0.25) is 0 Å². The summed E-state index contributed by atoms with van der Waals surface area (Å²) < 4.78 is 0. The van der Waals surface area contributed by atoms with Gasteiger partial charge in [0.15, 0.2) is 0 Å². The van der Waals surface area contributed by atoms with Crippen LogP contribution in [0.3, 0.4) is 0 Å². The van der Waals surface area contributed by atoms with Crippen LogP contribution < -0.4 is 11.1 Å². The molecule has 2 rings (SSSR count). The van der Waals surface area contributed by atoms with E-state index < -0.39 is 0 Å². The molecule has 0 aromatic rings. The number of Topliss-reactive ketones (excluding diaryl/α,β-unsaturated/α-hetero) is 1. The molecule has 5 heteroatoms. The molecule has 1 amide bonds. The van der Waals surface area contributed by atoms with Crippen LogP contribution in [0, 0.1) is 0 Å². The standard InChI is InChI=1S/C10H13N3O2/c11-8-2-1-6(14)5-7(8)9-10(15)13-4-3-12-9/h1-5,11H2,(H,13,15). The van der Waals surface area contributed by atoms with Gasteiger partial charge in [0.25, 0.3) is 5.91 Å². The lowest BCUT2D eigenvalue weighted by atomic mass is 9.91. The van der Waals surface area contributed by atoms with Crippen LogP contribution in [0.1, 0.15) is 19.3 Å². The molecule has 0 radical (unpaired) electrons. The number of hydrogen-bond donors (Lipinski definition) is 2. The summed E-state index contributed by atoms with van der Waals surface area (Å²) >= 11 is 0. The molecule has 0 saturated carbocycles. The molecule has 5 nitrogen and oxygen atoms in total. The summed E-state index contributed by atoms with van der Waals surface area (Å²) in [5.74, 6) is -0.0887. The van der Waals surface area contributed by atoms with Gasteiger partial charge in [0.1, 0.15) is 11.5 Å². The van der Waals surface area contributed by atoms with Gasteiger partial charge in [-0.1, -0.05) is 0 Å². The number of amides is 1. The zero-order valence-corrected chi connectivity index (χ0v) is 8.38. The number of nitrogens with two attached hydrogens (primary N) is 1. The summed E-state index contributed by atoms with van der Waals surface area (Å²) in [5, 5.41) is 2.69. The van der Waals surface area contributed by atoms with Crippen LogP contribution >= 0.6 is 0 Å². The third-order valence-corrected chi connectivity index (χ3v) is 2.60. The quantitative estimate of drug-likeness (QED) is 0.609. The first-order chi connectivity index (χ1) is 7.18. The largest absolute Gasteiger partial charge is 0.402 e. The summed E-state index contributed by atoms with van der Waals surface area (Å²) in [6, 6.07) is 0. The molecule has 15 heavy (non-hydrogen) atoms. The highest BCUT2D eigenvalue weighted by molar-refractivity contribution is 6.46. The maximum Gasteiger partial charge on any atom is 0.269 e. The summed E-state index contributed by atoms with van der Waals surface area (Å²) in [6.07, 6.45) is 1.27. The first-order valence-corrected chi connectivity index (χ1v) is 5.00. The second kappa shape index (κ2) is 3.84. The number of nitrogens with zero attached hydrogens (tertiary/aromatic N) is 1. The maximum atomic E-state index is 11.5. The first kappa shape index (κ1) is 9.89. The van der Waals surface area contributed by atoms with Gasteiger partial charge in [-0.25, -0.2) is 0 Å². The molecule has 80 valence electrons. The molecule has 0 spiro atoms. The van der Waals surface area contributed by atoms with E-state index >= 15 is 0 Å². The van der Waals surface area contributed by atoms with E-state index in [9.17, 15) is 9.59 Å². The van der Waals surface area contributed by atoms with E-state index in [0.717, 1.165) is 0 Å². The van der Waals surface area contributed by atoms with Crippen LogP contribution in [0.5, 0.6) is 0 Å². The van der Waals surface area contributed by atoms with Gasteiger partial charge in [0, 0.05) is 30.7 Å². The third kappa shape index (κ3) is 1.91. The highest BCUT2D eigenvalue weighted by atomic mass is 16.2. The Hall–Kier alpha value is -1.65. The lowest BCUT2D eigenvalue weighted by Crippen LogP contribution is -2.40. The van der Waals surface area contributed by atoms with Gasteiger partial charge in [-0.05, 0) is 6.42 Å². The Morgan fingerprint density at radius 1 is 1.27 bits per heavy atom. The number of carbonyl (C=O) groups is 2. The highest BCUT2D eigenvalue weighted by Gasteiger charge is 2.26. The third-order valence-electron chi connectivity index (χ3n) is 2.60. The molecule has 2 aliphatic rings. The summed E-state index contributed by atoms with van der Waals surface area (Å²) in [7, 11) is 0. The fraction of sp³-hybridized carbons (Fsp3) is 0.500. The van der Waals surface area contributed by atoms with E-state index in [1.165, 1.54) is 0 Å². The van der Waals surface area contributed by atoms with E-state index in [1.54, 1.807) is 0 Å². The fourth-order valence-corrected chi connectivity index (χ4v) is 1.79. The molecule has 0 atom stereocenters. The lowest BCUT2D eigenvalue weighted by molar-refractivity contribution is -0.118. The van der Waals surface area contributed by atoms with Gasteiger partial charge in [-0.3, -0.25) is 14.6 Å². The zero-order valence-electron chi connectivity index (χ0n) is 8.38. The molecule has 0 fully saturated rings. The van der Waals surface area contributed by atoms with Crippen LogP contribution in [-0.2, 0) is 9.59 Å². The van der Waals surface area contributed by atoms with Gasteiger partial charge in [0.05, 0.1) is 6.54 Å². The topological polar surface area (TPSA) is 84.5 Å². The van der Waals surface area contributed by atoms with E-state index in [-0.39, 0.29) is 18.1 Å². The zero-order chi connectivity index (χ0) is 10.8. The fourth-order valence-electron chi connectivity index (χ4n) is 1.79. The average Bonchev–Trinajstić information content (AvgIpc) is 2.23. The van der Waals surface area contributed by atoms with Crippen molar-refractivity contribution in [2.24, 2.45) is 10.7 Å². The van der Waals surface area contributed by atoms with Crippen molar-refractivity contribution < 1.29 is 9.59 Å². The van der Waals surface area contributed by atoms with Crippen LogP contribution in [0.25, 0.3) is 0 Å². The van der Waals surface area contributed by atoms with E-state index in [0.29, 0.717) is 42.9 Å². The van der Waals surface area contributed by atoms with Gasteiger partial charge in [-0.2, -0.15) is 0 Å². The molecular weight excluding hydrogens is 194 g/mol. The van der Waals surface area contributed by atoms with Crippen molar-refractivity contribution >= 4 is 17.4 Å². The average molecular weight is 207 g/mol. The number of rotatable bonds is 1. The Kier molecular flexibility index (Phi) is 2.53. The number of aliphatic imine (C=N–C) groups is 1. The van der Waals surface area contributed by atoms with E-state index in [4.69, 9.17) is 5.73 Å². The van der Waals surface area contributed by atoms with Crippen LogP contribution in [0.15, 0.2) is 16.3 Å². The lowest BCUT2D eigenvalue weighted by Gasteiger charge is -2.20. The Morgan fingerprint density at radius 3 is 2.80 bits per heavy atom. The molecule has 1 heterocycles. The summed E-state index contributed by atoms with van der Waals surface area (Å²) in [4.78, 5) is 26.9. The normalized spacial score (nSPS) is 22.5. The smallest absolute Gasteiger partial charge is 0.269 e. The Bertz CT molecular complexity index is 382. The van der Waals surface area contributed by atoms with Gasteiger partial charge < -0.3 is 11.1 Å². The second-order valence-electron chi connectivity index (χ2n) is 3.71. The Balaban J connectivity index is 2.32. The van der Waals surface area contributed by atoms with Crippen molar-refractivity contribution in [2.75, 3.05) is 13.1 Å². The molecule has 0 bridgehead atoms.